The molecule has 0 N–H and O–H groups in total. The van der Waals surface area contributed by atoms with Crippen molar-refractivity contribution in [3.63, 3.8) is 0 Å². The summed E-state index contributed by atoms with van der Waals surface area (Å²) in [6, 6.07) is 9.22. The third kappa shape index (κ3) is 2.44. The summed E-state index contributed by atoms with van der Waals surface area (Å²) in [7, 11) is 8.68. The number of rotatable bonds is 4. The topological polar surface area (TPSA) is 40.6 Å². The van der Waals surface area contributed by atoms with Gasteiger partial charge in [-0.1, -0.05) is 62.1 Å². The minimum absolute atomic E-state index is 0.171. The molecular formula is C32H40N2O2. The van der Waals surface area contributed by atoms with Crippen molar-refractivity contribution in [2.24, 2.45) is 22.7 Å². The summed E-state index contributed by atoms with van der Waals surface area (Å²) < 4.78 is 0. The highest BCUT2D eigenvalue weighted by atomic mass is 16.1. The summed E-state index contributed by atoms with van der Waals surface area (Å²) in [5, 5.41) is 0. The average molecular weight is 485 g/mol. The summed E-state index contributed by atoms with van der Waals surface area (Å²) >= 11 is 0. The van der Waals surface area contributed by atoms with Crippen molar-refractivity contribution in [1.29, 1.82) is 0 Å². The molecule has 4 heteroatoms. The lowest BCUT2D eigenvalue weighted by atomic mass is 9.68. The van der Waals surface area contributed by atoms with Crippen LogP contribution in [0.25, 0.3) is 11.1 Å². The molecule has 0 saturated heterocycles. The minimum Gasteiger partial charge on any atom is -0.299 e. The SMILES string of the molecule is CN(C)[C@]12CC(=O)[C@@]3(C=C1c1ccc(C4=C[C@]56CCCC[C@H]5[C@@]4(N(C)C)CC6=O)cc1)CCCC[C@H]32. The first-order valence-corrected chi connectivity index (χ1v) is 14.2. The maximum atomic E-state index is 13.3. The highest BCUT2D eigenvalue weighted by Crippen LogP contribution is 2.68. The minimum atomic E-state index is -0.242. The van der Waals surface area contributed by atoms with Crippen LogP contribution in [0.1, 0.15) is 75.3 Å². The molecule has 190 valence electrons. The number of carbonyl (C=O) groups is 2. The van der Waals surface area contributed by atoms with Crippen molar-refractivity contribution in [2.45, 2.75) is 75.3 Å². The van der Waals surface area contributed by atoms with Gasteiger partial charge in [0, 0.05) is 12.8 Å². The maximum absolute atomic E-state index is 13.3. The number of ketones is 2. The second-order valence-electron chi connectivity index (χ2n) is 13.2. The smallest absolute Gasteiger partial charge is 0.145 e. The molecule has 0 radical (unpaired) electrons. The van der Waals surface area contributed by atoms with Gasteiger partial charge >= 0.3 is 0 Å². The van der Waals surface area contributed by atoms with Gasteiger partial charge in [-0.25, -0.2) is 0 Å². The van der Waals surface area contributed by atoms with Gasteiger partial charge in [0.25, 0.3) is 0 Å². The molecule has 7 rings (SSSR count). The molecule has 1 aromatic carbocycles. The lowest BCUT2D eigenvalue weighted by molar-refractivity contribution is -0.126. The molecule has 4 bridgehead atoms. The molecular weight excluding hydrogens is 444 g/mol. The monoisotopic (exact) mass is 484 g/mol. The van der Waals surface area contributed by atoms with Crippen LogP contribution in [-0.2, 0) is 9.59 Å². The van der Waals surface area contributed by atoms with E-state index >= 15 is 0 Å². The van der Waals surface area contributed by atoms with E-state index in [1.165, 1.54) is 35.1 Å². The summed E-state index contributed by atoms with van der Waals surface area (Å²) in [5.74, 6) is 1.75. The average Bonchev–Trinajstić information content (AvgIpc) is 3.52. The first kappa shape index (κ1) is 23.1. The summed E-state index contributed by atoms with van der Waals surface area (Å²) in [5.41, 5.74) is 4.45. The third-order valence-electron chi connectivity index (χ3n) is 11.8. The Hall–Kier alpha value is -2.04. The number of allylic oxidation sites excluding steroid dienone is 2. The molecule has 0 spiro atoms. The van der Waals surface area contributed by atoms with Gasteiger partial charge in [0.2, 0.25) is 0 Å². The van der Waals surface area contributed by atoms with Gasteiger partial charge in [-0.3, -0.25) is 19.4 Å². The van der Waals surface area contributed by atoms with Crippen molar-refractivity contribution in [3.05, 3.63) is 47.5 Å². The maximum Gasteiger partial charge on any atom is 0.145 e. The number of likely N-dealkylation sites (N-methyl/N-ethyl adjacent to an activating group) is 2. The second kappa shape index (κ2) is 7.29. The summed E-state index contributed by atoms with van der Waals surface area (Å²) in [6.45, 7) is 0. The number of Topliss-reactive ketones (excluding diaryl/α,β-unsaturated/α-hetero) is 2. The highest BCUT2D eigenvalue weighted by molar-refractivity contribution is 6.03. The van der Waals surface area contributed by atoms with Gasteiger partial charge in [-0.2, -0.15) is 0 Å². The normalized spacial score (nSPS) is 42.7. The molecule has 6 aliphatic rings. The Morgan fingerprint density at radius 2 is 1.03 bits per heavy atom. The predicted octanol–water partition coefficient (Wildman–Crippen LogP) is 5.38. The molecule has 4 nitrogen and oxygen atoms in total. The zero-order valence-electron chi connectivity index (χ0n) is 22.4. The van der Waals surface area contributed by atoms with Crippen LogP contribution in [0.5, 0.6) is 0 Å². The lowest BCUT2D eigenvalue weighted by Gasteiger charge is -2.43. The fourth-order valence-electron chi connectivity index (χ4n) is 10.2. The van der Waals surface area contributed by atoms with E-state index in [4.69, 9.17) is 0 Å². The molecule has 0 aromatic heterocycles. The molecule has 0 amide bonds. The first-order valence-electron chi connectivity index (χ1n) is 14.2. The van der Waals surface area contributed by atoms with E-state index in [0.29, 0.717) is 36.2 Å². The van der Waals surface area contributed by atoms with Crippen molar-refractivity contribution in [3.8, 4) is 0 Å². The molecule has 4 fully saturated rings. The Balaban J connectivity index is 1.30. The van der Waals surface area contributed by atoms with E-state index in [-0.39, 0.29) is 21.9 Å². The predicted molar refractivity (Wildman–Crippen MR) is 143 cm³/mol. The highest BCUT2D eigenvalue weighted by Gasteiger charge is 2.69. The quantitative estimate of drug-likeness (QED) is 0.575. The molecule has 0 unspecified atom stereocenters. The van der Waals surface area contributed by atoms with Gasteiger partial charge in [0.05, 0.1) is 21.9 Å². The number of hydrogen-bond donors (Lipinski definition) is 0. The third-order valence-corrected chi connectivity index (χ3v) is 11.8. The zero-order chi connectivity index (χ0) is 25.1. The van der Waals surface area contributed by atoms with Crippen LogP contribution in [0.2, 0.25) is 0 Å². The molecule has 6 aliphatic carbocycles. The van der Waals surface area contributed by atoms with Gasteiger partial charge in [0.15, 0.2) is 0 Å². The second-order valence-corrected chi connectivity index (χ2v) is 13.2. The Morgan fingerprint density at radius 1 is 0.639 bits per heavy atom. The van der Waals surface area contributed by atoms with E-state index in [9.17, 15) is 9.59 Å². The van der Waals surface area contributed by atoms with Gasteiger partial charge < -0.3 is 0 Å². The molecule has 36 heavy (non-hydrogen) atoms. The number of carbonyl (C=O) groups excluding carboxylic acids is 2. The van der Waals surface area contributed by atoms with Crippen molar-refractivity contribution in [1.82, 2.24) is 9.80 Å². The van der Waals surface area contributed by atoms with Crippen LogP contribution in [0.15, 0.2) is 36.4 Å². The van der Waals surface area contributed by atoms with Gasteiger partial charge in [-0.05, 0) is 88.0 Å². The van der Waals surface area contributed by atoms with Crippen molar-refractivity contribution < 1.29 is 9.59 Å². The van der Waals surface area contributed by atoms with Crippen LogP contribution in [0.4, 0.5) is 0 Å². The van der Waals surface area contributed by atoms with Crippen LogP contribution in [-0.4, -0.2) is 60.6 Å². The van der Waals surface area contributed by atoms with Crippen molar-refractivity contribution >= 4 is 22.7 Å². The van der Waals surface area contributed by atoms with Crippen molar-refractivity contribution in [2.75, 3.05) is 28.2 Å². The fourth-order valence-corrected chi connectivity index (χ4v) is 10.2. The molecule has 6 atom stereocenters. The number of nitrogens with zero attached hydrogens (tertiary/aromatic N) is 2. The lowest BCUT2D eigenvalue weighted by Crippen LogP contribution is -2.48. The Morgan fingerprint density at radius 3 is 1.39 bits per heavy atom. The van der Waals surface area contributed by atoms with Crippen LogP contribution in [0.3, 0.4) is 0 Å². The Bertz CT molecular complexity index is 1130. The largest absolute Gasteiger partial charge is 0.299 e. The van der Waals surface area contributed by atoms with Crippen LogP contribution in [0, 0.1) is 22.7 Å². The summed E-state index contributed by atoms with van der Waals surface area (Å²) in [6.07, 6.45) is 15.2. The van der Waals surface area contributed by atoms with E-state index in [2.05, 4.69) is 74.4 Å². The summed E-state index contributed by atoms with van der Waals surface area (Å²) in [4.78, 5) is 31.3. The Kier molecular flexibility index (Phi) is 4.68. The Labute approximate surface area is 215 Å². The zero-order valence-corrected chi connectivity index (χ0v) is 22.4. The van der Waals surface area contributed by atoms with E-state index in [1.807, 2.05) is 0 Å². The molecule has 1 aromatic rings. The van der Waals surface area contributed by atoms with Gasteiger partial charge in [-0.15, -0.1) is 0 Å². The fraction of sp³-hybridized carbons (Fsp3) is 0.625. The van der Waals surface area contributed by atoms with Crippen LogP contribution >= 0.6 is 0 Å². The van der Waals surface area contributed by atoms with Gasteiger partial charge in [0.1, 0.15) is 11.6 Å². The van der Waals surface area contributed by atoms with E-state index in [0.717, 1.165) is 38.5 Å². The van der Waals surface area contributed by atoms with E-state index in [1.54, 1.807) is 0 Å². The first-order chi connectivity index (χ1) is 17.2. The standard InChI is InChI=1S/C32H40N2O2/c1-33(2)31-19-27(35)29(15-7-5-9-25(29)31)17-23(31)21-11-13-22(14-12-21)24-18-30-16-8-6-10-26(30)32(24,34(3)4)20-28(30)36/h11-14,17-18,25-26H,5-10,15-16,19-20H2,1-4H3/t25-,26-,29-,30-,31-,32-/m1/s1. The van der Waals surface area contributed by atoms with E-state index < -0.39 is 0 Å². The number of hydrogen-bond acceptors (Lipinski definition) is 4. The molecule has 4 saturated carbocycles. The number of benzene rings is 1. The van der Waals surface area contributed by atoms with Crippen LogP contribution < -0.4 is 0 Å². The molecule has 0 aliphatic heterocycles. The molecule has 0 heterocycles.